The van der Waals surface area contributed by atoms with Gasteiger partial charge in [0.1, 0.15) is 5.82 Å². The number of carbonyl (C=O) groups is 2. The molecule has 2 aromatic rings. The molecule has 1 amide bonds. The van der Waals surface area contributed by atoms with E-state index in [4.69, 9.17) is 0 Å². The van der Waals surface area contributed by atoms with Gasteiger partial charge >= 0.3 is 0 Å². The van der Waals surface area contributed by atoms with E-state index in [2.05, 4.69) is 0 Å². The second-order valence-corrected chi connectivity index (χ2v) is 5.61. The van der Waals surface area contributed by atoms with Gasteiger partial charge in [0.25, 0.3) is 5.91 Å². The summed E-state index contributed by atoms with van der Waals surface area (Å²) in [4.78, 5) is 25.7. The highest BCUT2D eigenvalue weighted by Crippen LogP contribution is 2.27. The highest BCUT2D eigenvalue weighted by Gasteiger charge is 2.30. The number of carbonyl (C=O) groups excluding carboxylic acids is 2. The maximum Gasteiger partial charge on any atom is 0.256 e. The highest BCUT2D eigenvalue weighted by atomic mass is 19.1. The summed E-state index contributed by atoms with van der Waals surface area (Å²) in [6, 6.07) is 6.17. The smallest absolute Gasteiger partial charge is 0.256 e. The minimum Gasteiger partial charge on any atom is -0.344 e. The minimum absolute atomic E-state index is 0.0632. The van der Waals surface area contributed by atoms with Crippen molar-refractivity contribution in [3.05, 3.63) is 58.2 Å². The largest absolute Gasteiger partial charge is 0.344 e. The third-order valence-corrected chi connectivity index (χ3v) is 4.33. The fourth-order valence-corrected chi connectivity index (χ4v) is 3.11. The molecular weight excluding hydrogens is 283 g/mol. The topological polar surface area (TPSA) is 42.3 Å². The van der Waals surface area contributed by atoms with E-state index in [0.29, 0.717) is 30.8 Å². The zero-order chi connectivity index (χ0) is 15.9. The number of hydrogen-bond acceptors (Lipinski definition) is 2. The summed E-state index contributed by atoms with van der Waals surface area (Å²) in [6.45, 7) is 2.85. The Morgan fingerprint density at radius 1 is 1.27 bits per heavy atom. The summed E-state index contributed by atoms with van der Waals surface area (Å²) in [5.74, 6) is -0.350. The number of fused-ring (bicyclic) bond motifs is 1. The van der Waals surface area contributed by atoms with Crippen molar-refractivity contribution in [1.29, 1.82) is 0 Å². The number of nitrogens with zero attached hydrogens (tertiary/aromatic N) is 2. The zero-order valence-electron chi connectivity index (χ0n) is 12.6. The Kier molecular flexibility index (Phi) is 3.56. The van der Waals surface area contributed by atoms with Gasteiger partial charge in [-0.05, 0) is 30.2 Å². The Morgan fingerprint density at radius 3 is 2.59 bits per heavy atom. The van der Waals surface area contributed by atoms with E-state index in [-0.39, 0.29) is 11.7 Å². The standard InChI is InChI=1S/C17H17FN2O2/c1-11-15(10-21)19(2)14-7-8-20(17(22)16(11)14)9-12-3-5-13(18)6-4-12/h3-6,10H,7-9H2,1-2H3. The van der Waals surface area contributed by atoms with Crippen LogP contribution in [0.2, 0.25) is 0 Å². The molecule has 1 aromatic heterocycles. The van der Waals surface area contributed by atoms with Gasteiger partial charge in [-0.3, -0.25) is 9.59 Å². The van der Waals surface area contributed by atoms with Gasteiger partial charge in [-0.2, -0.15) is 0 Å². The number of aromatic nitrogens is 1. The molecule has 0 saturated heterocycles. The first-order valence-electron chi connectivity index (χ1n) is 7.20. The van der Waals surface area contributed by atoms with Gasteiger partial charge in [-0.15, -0.1) is 0 Å². The van der Waals surface area contributed by atoms with Crippen molar-refractivity contribution in [2.75, 3.05) is 6.54 Å². The fraction of sp³-hybridized carbons (Fsp3) is 0.294. The van der Waals surface area contributed by atoms with Crippen molar-refractivity contribution in [3.8, 4) is 0 Å². The average Bonchev–Trinajstić information content (AvgIpc) is 2.75. The Hall–Kier alpha value is -2.43. The Morgan fingerprint density at radius 2 is 1.95 bits per heavy atom. The van der Waals surface area contributed by atoms with Crippen LogP contribution in [0.15, 0.2) is 24.3 Å². The minimum atomic E-state index is -0.287. The fourth-order valence-electron chi connectivity index (χ4n) is 3.11. The van der Waals surface area contributed by atoms with E-state index in [1.807, 2.05) is 18.5 Å². The Balaban J connectivity index is 1.91. The number of rotatable bonds is 3. The average molecular weight is 300 g/mol. The molecule has 0 spiro atoms. The lowest BCUT2D eigenvalue weighted by Gasteiger charge is -2.28. The molecule has 3 rings (SSSR count). The van der Waals surface area contributed by atoms with Crippen LogP contribution in [-0.2, 0) is 20.0 Å². The monoisotopic (exact) mass is 300 g/mol. The first-order chi connectivity index (χ1) is 10.5. The van der Waals surface area contributed by atoms with Crippen LogP contribution in [0.1, 0.15) is 37.7 Å². The van der Waals surface area contributed by atoms with Crippen molar-refractivity contribution in [2.45, 2.75) is 19.9 Å². The first kappa shape index (κ1) is 14.5. The number of halogens is 1. The summed E-state index contributed by atoms with van der Waals surface area (Å²) in [6.07, 6.45) is 1.51. The Labute approximate surface area is 128 Å². The molecule has 0 fully saturated rings. The second kappa shape index (κ2) is 5.40. The molecule has 4 nitrogen and oxygen atoms in total. The van der Waals surface area contributed by atoms with Crippen LogP contribution >= 0.6 is 0 Å². The molecule has 0 bridgehead atoms. The molecule has 22 heavy (non-hydrogen) atoms. The molecule has 5 heteroatoms. The van der Waals surface area contributed by atoms with Gasteiger partial charge in [-0.1, -0.05) is 12.1 Å². The maximum absolute atomic E-state index is 13.0. The molecule has 0 aliphatic carbocycles. The van der Waals surface area contributed by atoms with E-state index in [1.165, 1.54) is 12.1 Å². The van der Waals surface area contributed by atoms with E-state index < -0.39 is 0 Å². The molecule has 1 aliphatic rings. The normalized spacial score (nSPS) is 14.1. The van der Waals surface area contributed by atoms with Crippen LogP contribution in [0.4, 0.5) is 4.39 Å². The molecule has 0 atom stereocenters. The summed E-state index contributed by atoms with van der Waals surface area (Å²) in [5, 5.41) is 0. The second-order valence-electron chi connectivity index (χ2n) is 5.61. The molecule has 1 aromatic carbocycles. The first-order valence-corrected chi connectivity index (χ1v) is 7.20. The van der Waals surface area contributed by atoms with Crippen LogP contribution < -0.4 is 0 Å². The SMILES string of the molecule is Cc1c2c(n(C)c1C=O)CCN(Cc1ccc(F)cc1)C2=O. The van der Waals surface area contributed by atoms with Crippen molar-refractivity contribution >= 4 is 12.2 Å². The molecule has 0 unspecified atom stereocenters. The van der Waals surface area contributed by atoms with Gasteiger partial charge < -0.3 is 9.47 Å². The van der Waals surface area contributed by atoms with Crippen LogP contribution in [0.3, 0.4) is 0 Å². The number of benzene rings is 1. The van der Waals surface area contributed by atoms with Crippen molar-refractivity contribution in [2.24, 2.45) is 7.05 Å². The molecule has 2 heterocycles. The third-order valence-electron chi connectivity index (χ3n) is 4.33. The quantitative estimate of drug-likeness (QED) is 0.817. The van der Waals surface area contributed by atoms with Crippen molar-refractivity contribution in [1.82, 2.24) is 9.47 Å². The van der Waals surface area contributed by atoms with Gasteiger partial charge in [0.15, 0.2) is 6.29 Å². The number of aldehydes is 1. The molecular formula is C17H17FN2O2. The van der Waals surface area contributed by atoms with Crippen molar-refractivity contribution < 1.29 is 14.0 Å². The zero-order valence-corrected chi connectivity index (χ0v) is 12.6. The van der Waals surface area contributed by atoms with Gasteiger partial charge in [0.2, 0.25) is 0 Å². The van der Waals surface area contributed by atoms with Crippen LogP contribution in [-0.4, -0.2) is 28.2 Å². The molecule has 0 N–H and O–H groups in total. The lowest BCUT2D eigenvalue weighted by molar-refractivity contribution is 0.0724. The van der Waals surface area contributed by atoms with Gasteiger partial charge in [0, 0.05) is 32.3 Å². The van der Waals surface area contributed by atoms with Crippen LogP contribution in [0.25, 0.3) is 0 Å². The molecule has 0 saturated carbocycles. The molecule has 0 radical (unpaired) electrons. The predicted octanol–water partition coefficient (Wildman–Crippen LogP) is 2.48. The van der Waals surface area contributed by atoms with Crippen molar-refractivity contribution in [3.63, 3.8) is 0 Å². The lowest BCUT2D eigenvalue weighted by atomic mass is 10.0. The van der Waals surface area contributed by atoms with E-state index in [0.717, 1.165) is 23.1 Å². The summed E-state index contributed by atoms with van der Waals surface area (Å²) < 4.78 is 14.8. The molecule has 1 aliphatic heterocycles. The van der Waals surface area contributed by atoms with E-state index in [1.54, 1.807) is 17.0 Å². The van der Waals surface area contributed by atoms with Crippen LogP contribution in [0.5, 0.6) is 0 Å². The summed E-state index contributed by atoms with van der Waals surface area (Å²) in [7, 11) is 1.82. The number of hydrogen-bond donors (Lipinski definition) is 0. The maximum atomic E-state index is 13.0. The predicted molar refractivity (Wildman–Crippen MR) is 80.4 cm³/mol. The summed E-state index contributed by atoms with van der Waals surface area (Å²) >= 11 is 0. The van der Waals surface area contributed by atoms with Gasteiger partial charge in [0.05, 0.1) is 11.3 Å². The highest BCUT2D eigenvalue weighted by molar-refractivity contribution is 6.00. The van der Waals surface area contributed by atoms with E-state index in [9.17, 15) is 14.0 Å². The number of amides is 1. The van der Waals surface area contributed by atoms with E-state index >= 15 is 0 Å². The Bertz CT molecular complexity index is 747. The summed E-state index contributed by atoms with van der Waals surface area (Å²) in [5.41, 5.74) is 3.74. The molecule has 114 valence electrons. The third kappa shape index (κ3) is 2.22. The lowest BCUT2D eigenvalue weighted by Crippen LogP contribution is -2.37. The van der Waals surface area contributed by atoms with Crippen LogP contribution in [0, 0.1) is 12.7 Å². The van der Waals surface area contributed by atoms with Gasteiger partial charge in [-0.25, -0.2) is 4.39 Å².